The first-order chi connectivity index (χ1) is 12.7. The van der Waals surface area contributed by atoms with Gasteiger partial charge in [-0.1, -0.05) is 58.7 Å². The first-order valence-electron chi connectivity index (χ1n) is 9.08. The molecule has 2 rings (SSSR count). The van der Waals surface area contributed by atoms with Gasteiger partial charge in [-0.2, -0.15) is 17.5 Å². The average Bonchev–Trinajstić information content (AvgIpc) is 2.56. The van der Waals surface area contributed by atoms with E-state index in [1.807, 2.05) is 24.4 Å². The molecule has 0 fully saturated rings. The monoisotopic (exact) mass is 636 g/mol. The molecule has 2 aromatic heterocycles. The number of aromatic nitrogens is 2. The van der Waals surface area contributed by atoms with Crippen LogP contribution in [-0.2, 0) is 0 Å². The summed E-state index contributed by atoms with van der Waals surface area (Å²) >= 11 is 15.5. The van der Waals surface area contributed by atoms with Crippen molar-refractivity contribution in [3.8, 4) is 0 Å². The minimum atomic E-state index is -1.14. The molecule has 0 aliphatic rings. The van der Waals surface area contributed by atoms with E-state index in [1.165, 1.54) is 11.6 Å². The molecule has 0 aliphatic carbocycles. The maximum absolute atomic E-state index is 5.67. The molecule has 2 aromatic rings. The number of nitrogens with zero attached hydrogens (tertiary/aromatic N) is 2. The number of hydrogen-bond donors (Lipinski definition) is 0. The summed E-state index contributed by atoms with van der Waals surface area (Å²) in [4.78, 5) is 8.15. The fourth-order valence-electron chi connectivity index (χ4n) is 1.18. The third-order valence-corrected chi connectivity index (χ3v) is 6.07. The molecule has 0 spiro atoms. The molecule has 29 heavy (non-hydrogen) atoms. The van der Waals surface area contributed by atoms with E-state index in [-0.39, 0.29) is 18.9 Å². The predicted octanol–water partition coefficient (Wildman–Crippen LogP) is 5.68. The Morgan fingerprint density at radius 1 is 0.862 bits per heavy atom. The number of halogens is 4. The summed E-state index contributed by atoms with van der Waals surface area (Å²) in [6.45, 7) is 18.9. The zero-order chi connectivity index (χ0) is 22.4. The molecule has 0 N–H and O–H groups in total. The summed E-state index contributed by atoms with van der Waals surface area (Å²) in [5, 5.41) is 1.40. The Kier molecular flexibility index (Phi) is 22.3. The number of rotatable bonds is 2. The molecule has 2 nitrogen and oxygen atoms in total. The second-order valence-electron chi connectivity index (χ2n) is 7.84. The van der Waals surface area contributed by atoms with E-state index in [9.17, 15) is 0 Å². The molecule has 0 unspecified atom stereocenters. The second kappa shape index (κ2) is 18.6. The van der Waals surface area contributed by atoms with E-state index in [1.54, 1.807) is 6.20 Å². The van der Waals surface area contributed by atoms with Gasteiger partial charge in [0.1, 0.15) is 16.6 Å². The van der Waals surface area contributed by atoms with Gasteiger partial charge in [0.2, 0.25) is 0 Å². The van der Waals surface area contributed by atoms with Crippen LogP contribution < -0.4 is 24.0 Å². The van der Waals surface area contributed by atoms with Gasteiger partial charge in [-0.3, -0.25) is 0 Å². The Bertz CT molecular complexity index is 603. The largest absolute Gasteiger partial charge is 1.00 e. The molecular formula is C20H33Br3ClLiN2Si2. The van der Waals surface area contributed by atoms with Crippen molar-refractivity contribution < 1.29 is 18.9 Å². The van der Waals surface area contributed by atoms with Crippen molar-refractivity contribution in [1.82, 2.24) is 9.97 Å². The van der Waals surface area contributed by atoms with Gasteiger partial charge in [0.05, 0.1) is 8.07 Å². The molecular weight excluding hydrogens is 607 g/mol. The van der Waals surface area contributed by atoms with E-state index in [2.05, 4.69) is 117 Å². The molecule has 160 valence electrons. The summed E-state index contributed by atoms with van der Waals surface area (Å²) in [6.07, 6.45) is 5.99. The number of unbranched alkanes of at least 4 members (excludes halogenated alkanes) is 1. The Hall–Kier alpha value is 1.06. The third kappa shape index (κ3) is 27.0. The van der Waals surface area contributed by atoms with E-state index in [0.717, 1.165) is 20.1 Å². The fraction of sp³-hybridized carbons (Fsp3) is 0.450. The first-order valence-corrected chi connectivity index (χ1v) is 19.5. The molecule has 0 aliphatic heterocycles. The van der Waals surface area contributed by atoms with Crippen LogP contribution in [-0.4, -0.2) is 25.4 Å². The molecule has 0 saturated heterocycles. The second-order valence-corrected chi connectivity index (χ2v) is 23.0. The van der Waals surface area contributed by atoms with Crippen LogP contribution in [0.15, 0.2) is 50.3 Å². The van der Waals surface area contributed by atoms with Crippen molar-refractivity contribution in [3.05, 3.63) is 57.3 Å². The summed E-state index contributed by atoms with van der Waals surface area (Å²) in [6, 6.07) is 7.97. The Labute approximate surface area is 222 Å². The Balaban J connectivity index is -0.000000332. The number of hydrogen-bond acceptors (Lipinski definition) is 2. The Morgan fingerprint density at radius 3 is 1.45 bits per heavy atom. The van der Waals surface area contributed by atoms with Crippen LogP contribution >= 0.6 is 58.9 Å². The molecule has 0 atom stereocenters. The van der Waals surface area contributed by atoms with E-state index in [0.29, 0.717) is 0 Å². The van der Waals surface area contributed by atoms with Crippen molar-refractivity contribution in [2.75, 3.05) is 0 Å². The number of pyridine rings is 2. The van der Waals surface area contributed by atoms with Gasteiger partial charge in [-0.15, -0.1) is 0 Å². The minimum Gasteiger partial charge on any atom is -0.343 e. The Morgan fingerprint density at radius 2 is 1.24 bits per heavy atom. The van der Waals surface area contributed by atoms with Crippen molar-refractivity contribution in [1.29, 1.82) is 0 Å². The maximum Gasteiger partial charge on any atom is 1.00 e. The smallest absolute Gasteiger partial charge is 0.343 e. The molecule has 0 saturated carbocycles. The quantitative estimate of drug-likeness (QED) is 0.183. The van der Waals surface area contributed by atoms with Gasteiger partial charge in [0.15, 0.2) is 0 Å². The van der Waals surface area contributed by atoms with Crippen LogP contribution in [0.5, 0.6) is 0 Å². The topological polar surface area (TPSA) is 25.8 Å². The third-order valence-electron chi connectivity index (χ3n) is 2.64. The van der Waals surface area contributed by atoms with Crippen LogP contribution in [0, 0.1) is 6.92 Å². The molecule has 2 heterocycles. The summed E-state index contributed by atoms with van der Waals surface area (Å²) in [5.74, 6) is 0. The standard InChI is InChI=1S/C8H12BrNSi.C5H3Br2N.C4H9.C3H9ClSi.Li/c1-11(2,3)7-4-5-8(9)10-6-7;6-4-1-2-5(7)8-3-4;1-3-4-2;1-5(2,3)4;/h4-6H,1-3H3;1-3H;1,3-4H2,2H3;1-3H3;/q;;-1;;+1. The average molecular weight is 640 g/mol. The normalized spacial score (nSPS) is 10.1. The zero-order valence-corrected chi connectivity index (χ0v) is 26.5. The van der Waals surface area contributed by atoms with Crippen LogP contribution in [0.2, 0.25) is 39.3 Å². The molecule has 0 bridgehead atoms. The van der Waals surface area contributed by atoms with Crippen LogP contribution in [0.25, 0.3) is 0 Å². The van der Waals surface area contributed by atoms with Crippen LogP contribution in [0.4, 0.5) is 0 Å². The van der Waals surface area contributed by atoms with Gasteiger partial charge in [-0.05, 0) is 71.2 Å². The maximum atomic E-state index is 5.67. The fourth-order valence-corrected chi connectivity index (χ4v) is 2.92. The summed E-state index contributed by atoms with van der Waals surface area (Å²) in [7, 11) is -2.28. The van der Waals surface area contributed by atoms with Gasteiger partial charge in [0, 0.05) is 16.9 Å². The minimum absolute atomic E-state index is 0. The van der Waals surface area contributed by atoms with Gasteiger partial charge in [0.25, 0.3) is 0 Å². The zero-order valence-electron chi connectivity index (χ0n) is 19.0. The SMILES string of the molecule is Brc1ccc(Br)nc1.C[Si](C)(C)Cl.C[Si](C)(C)c1ccc(Br)nc1.[CH2-]CCC.[Li+]. The molecule has 9 heteroatoms. The first kappa shape index (κ1) is 34.7. The molecule has 0 aromatic carbocycles. The van der Waals surface area contributed by atoms with Gasteiger partial charge >= 0.3 is 18.9 Å². The van der Waals surface area contributed by atoms with E-state index in [4.69, 9.17) is 11.1 Å². The van der Waals surface area contributed by atoms with E-state index < -0.39 is 15.5 Å². The predicted molar refractivity (Wildman–Crippen MR) is 144 cm³/mol. The van der Waals surface area contributed by atoms with E-state index >= 15 is 0 Å². The van der Waals surface area contributed by atoms with Gasteiger partial charge in [-0.25, -0.2) is 9.97 Å². The summed E-state index contributed by atoms with van der Waals surface area (Å²) in [5.41, 5.74) is 0. The molecule has 0 amide bonds. The van der Waals surface area contributed by atoms with Crippen molar-refractivity contribution >= 4 is 79.5 Å². The molecule has 0 radical (unpaired) electrons. The van der Waals surface area contributed by atoms with Crippen LogP contribution in [0.1, 0.15) is 19.8 Å². The van der Waals surface area contributed by atoms with Crippen molar-refractivity contribution in [2.24, 2.45) is 0 Å². The summed E-state index contributed by atoms with van der Waals surface area (Å²) < 4.78 is 2.78. The van der Waals surface area contributed by atoms with Crippen molar-refractivity contribution in [3.63, 3.8) is 0 Å². The van der Waals surface area contributed by atoms with Crippen molar-refractivity contribution in [2.45, 2.75) is 59.0 Å². The van der Waals surface area contributed by atoms with Crippen LogP contribution in [0.3, 0.4) is 0 Å². The van der Waals surface area contributed by atoms with Gasteiger partial charge < -0.3 is 6.92 Å².